The molecule has 0 bridgehead atoms. The molecule has 0 aromatic carbocycles. The Hall–Kier alpha value is -0.120. The number of hydrogen-bond donors (Lipinski definition) is 1. The van der Waals surface area contributed by atoms with E-state index in [0.717, 1.165) is 44.2 Å². The van der Waals surface area contributed by atoms with Crippen LogP contribution in [0.3, 0.4) is 0 Å². The van der Waals surface area contributed by atoms with Crippen molar-refractivity contribution in [2.24, 2.45) is 16.8 Å². The molecule has 0 radical (unpaired) electrons. The summed E-state index contributed by atoms with van der Waals surface area (Å²) in [7, 11) is 3.61. The van der Waals surface area contributed by atoms with Crippen LogP contribution in [0.4, 0.5) is 0 Å². The van der Waals surface area contributed by atoms with Crippen LogP contribution in [-0.2, 0) is 9.47 Å². The van der Waals surface area contributed by atoms with Crippen LogP contribution < -0.4 is 5.32 Å². The molecule has 2 unspecified atom stereocenters. The summed E-state index contributed by atoms with van der Waals surface area (Å²) < 4.78 is 10.7. The number of ether oxygens (including phenoxy) is 2. The van der Waals surface area contributed by atoms with Crippen molar-refractivity contribution in [3.63, 3.8) is 0 Å². The van der Waals surface area contributed by atoms with Gasteiger partial charge in [-0.05, 0) is 38.1 Å². The van der Waals surface area contributed by atoms with E-state index in [-0.39, 0.29) is 24.0 Å². The Morgan fingerprint density at radius 3 is 2.60 bits per heavy atom. The predicted octanol–water partition coefficient (Wildman–Crippen LogP) is 1.65. The fourth-order valence-corrected chi connectivity index (χ4v) is 3.92. The van der Waals surface area contributed by atoms with Crippen molar-refractivity contribution in [1.82, 2.24) is 15.1 Å². The number of aliphatic imine (C=N–C) groups is 1. The van der Waals surface area contributed by atoms with Crippen LogP contribution in [0.2, 0.25) is 0 Å². The summed E-state index contributed by atoms with van der Waals surface area (Å²) in [6.45, 7) is 7.95. The monoisotopic (exact) mass is 466 g/mol. The van der Waals surface area contributed by atoms with Gasteiger partial charge in [0.1, 0.15) is 0 Å². The Morgan fingerprint density at radius 2 is 1.88 bits per heavy atom. The van der Waals surface area contributed by atoms with Gasteiger partial charge in [-0.1, -0.05) is 0 Å². The van der Waals surface area contributed by atoms with Gasteiger partial charge in [-0.2, -0.15) is 0 Å². The molecule has 1 aliphatic carbocycles. The number of methoxy groups -OCH3 is 1. The summed E-state index contributed by atoms with van der Waals surface area (Å²) in [5.41, 5.74) is 0. The lowest BCUT2D eigenvalue weighted by molar-refractivity contribution is 0.0536. The van der Waals surface area contributed by atoms with Crippen molar-refractivity contribution in [1.29, 1.82) is 0 Å². The lowest BCUT2D eigenvalue weighted by atomic mass is 10.1. The molecule has 2 aliphatic heterocycles. The maximum atomic E-state index is 5.68. The van der Waals surface area contributed by atoms with E-state index in [2.05, 4.69) is 20.1 Å². The van der Waals surface area contributed by atoms with E-state index in [1.165, 1.54) is 38.8 Å². The topological polar surface area (TPSA) is 49.3 Å². The summed E-state index contributed by atoms with van der Waals surface area (Å²) in [5.74, 6) is 2.45. The summed E-state index contributed by atoms with van der Waals surface area (Å²) in [6, 6.07) is 0.909. The molecule has 146 valence electrons. The highest BCUT2D eigenvalue weighted by Crippen LogP contribution is 2.31. The number of likely N-dealkylation sites (tertiary alicyclic amines) is 2. The van der Waals surface area contributed by atoms with Gasteiger partial charge >= 0.3 is 0 Å². The van der Waals surface area contributed by atoms with Gasteiger partial charge in [0.2, 0.25) is 0 Å². The van der Waals surface area contributed by atoms with Crippen molar-refractivity contribution in [2.75, 3.05) is 66.7 Å². The number of guanidine groups is 1. The van der Waals surface area contributed by atoms with E-state index in [4.69, 9.17) is 9.47 Å². The minimum Gasteiger partial charge on any atom is -0.382 e. The standard InChI is InChI=1S/C18H34N4O2.HI/c1-19-18(20-11-15-5-7-21(12-15)17-3-4-17)22-8-6-16(13-22)14-24-10-9-23-2;/h15-17H,3-14H2,1-2H3,(H,19,20);1H. The van der Waals surface area contributed by atoms with Gasteiger partial charge in [0, 0.05) is 52.3 Å². The lowest BCUT2D eigenvalue weighted by Crippen LogP contribution is -2.42. The van der Waals surface area contributed by atoms with E-state index in [1.807, 2.05) is 7.05 Å². The summed E-state index contributed by atoms with van der Waals surface area (Å²) in [4.78, 5) is 9.56. The molecule has 3 rings (SSSR count). The highest BCUT2D eigenvalue weighted by atomic mass is 127. The van der Waals surface area contributed by atoms with E-state index in [1.54, 1.807) is 7.11 Å². The van der Waals surface area contributed by atoms with Gasteiger partial charge in [0.25, 0.3) is 0 Å². The maximum Gasteiger partial charge on any atom is 0.193 e. The smallest absolute Gasteiger partial charge is 0.193 e. The molecular formula is C18H35IN4O2. The number of hydrogen-bond acceptors (Lipinski definition) is 4. The van der Waals surface area contributed by atoms with Crippen LogP contribution in [0.5, 0.6) is 0 Å². The highest BCUT2D eigenvalue weighted by Gasteiger charge is 2.34. The van der Waals surface area contributed by atoms with Crippen LogP contribution in [0, 0.1) is 11.8 Å². The first-order chi connectivity index (χ1) is 11.8. The van der Waals surface area contributed by atoms with E-state index in [0.29, 0.717) is 19.1 Å². The van der Waals surface area contributed by atoms with Crippen molar-refractivity contribution < 1.29 is 9.47 Å². The Bertz CT molecular complexity index is 420. The molecule has 0 aromatic rings. The molecule has 2 saturated heterocycles. The fraction of sp³-hybridized carbons (Fsp3) is 0.944. The van der Waals surface area contributed by atoms with Gasteiger partial charge in [-0.15, -0.1) is 24.0 Å². The molecule has 1 saturated carbocycles. The third kappa shape index (κ3) is 6.52. The van der Waals surface area contributed by atoms with Crippen LogP contribution in [0.15, 0.2) is 4.99 Å². The largest absolute Gasteiger partial charge is 0.382 e. The van der Waals surface area contributed by atoms with Crippen molar-refractivity contribution in [3.05, 3.63) is 0 Å². The highest BCUT2D eigenvalue weighted by molar-refractivity contribution is 14.0. The third-order valence-electron chi connectivity index (χ3n) is 5.51. The molecule has 0 spiro atoms. The second kappa shape index (κ2) is 10.9. The third-order valence-corrected chi connectivity index (χ3v) is 5.51. The molecule has 7 heteroatoms. The van der Waals surface area contributed by atoms with Gasteiger partial charge in [-0.3, -0.25) is 4.99 Å². The first-order valence-corrected chi connectivity index (χ1v) is 9.56. The maximum absolute atomic E-state index is 5.68. The van der Waals surface area contributed by atoms with Crippen molar-refractivity contribution >= 4 is 29.9 Å². The Balaban J connectivity index is 0.00000225. The van der Waals surface area contributed by atoms with Gasteiger partial charge < -0.3 is 24.6 Å². The predicted molar refractivity (Wildman–Crippen MR) is 112 cm³/mol. The SMILES string of the molecule is CN=C(NCC1CCN(C2CC2)C1)N1CCC(COCCOC)C1.I. The van der Waals surface area contributed by atoms with E-state index < -0.39 is 0 Å². The number of halogens is 1. The molecule has 0 aromatic heterocycles. The number of nitrogens with zero attached hydrogens (tertiary/aromatic N) is 3. The Morgan fingerprint density at radius 1 is 1.08 bits per heavy atom. The number of nitrogens with one attached hydrogen (secondary N) is 1. The van der Waals surface area contributed by atoms with Gasteiger partial charge in [0.05, 0.1) is 19.8 Å². The minimum atomic E-state index is 0. The summed E-state index contributed by atoms with van der Waals surface area (Å²) >= 11 is 0. The average Bonchev–Trinajstić information content (AvgIpc) is 3.16. The van der Waals surface area contributed by atoms with Gasteiger partial charge in [-0.25, -0.2) is 0 Å². The Labute approximate surface area is 169 Å². The molecule has 1 N–H and O–H groups in total. The second-order valence-electron chi connectivity index (χ2n) is 7.48. The summed E-state index contributed by atoms with van der Waals surface area (Å²) in [6.07, 6.45) is 5.36. The average molecular weight is 466 g/mol. The van der Waals surface area contributed by atoms with Gasteiger partial charge in [0.15, 0.2) is 5.96 Å². The van der Waals surface area contributed by atoms with Crippen molar-refractivity contribution in [2.45, 2.75) is 31.7 Å². The molecular weight excluding hydrogens is 431 g/mol. The Kier molecular flexibility index (Phi) is 9.23. The number of rotatable bonds is 8. The van der Waals surface area contributed by atoms with Crippen molar-refractivity contribution in [3.8, 4) is 0 Å². The first kappa shape index (κ1) is 21.2. The summed E-state index contributed by atoms with van der Waals surface area (Å²) in [5, 5.41) is 3.62. The molecule has 3 aliphatic rings. The normalized spacial score (nSPS) is 27.6. The zero-order chi connectivity index (χ0) is 16.8. The molecule has 0 amide bonds. The van der Waals surface area contributed by atoms with Crippen LogP contribution in [-0.4, -0.2) is 88.5 Å². The molecule has 2 atom stereocenters. The van der Waals surface area contributed by atoms with Crippen LogP contribution >= 0.6 is 24.0 Å². The lowest BCUT2D eigenvalue weighted by Gasteiger charge is -2.23. The fourth-order valence-electron chi connectivity index (χ4n) is 3.92. The zero-order valence-corrected chi connectivity index (χ0v) is 18.1. The second-order valence-corrected chi connectivity index (χ2v) is 7.48. The molecule has 2 heterocycles. The molecule has 3 fully saturated rings. The van der Waals surface area contributed by atoms with E-state index >= 15 is 0 Å². The quantitative estimate of drug-likeness (QED) is 0.255. The first-order valence-electron chi connectivity index (χ1n) is 9.56. The minimum absolute atomic E-state index is 0. The van der Waals surface area contributed by atoms with Crippen LogP contribution in [0.1, 0.15) is 25.7 Å². The zero-order valence-electron chi connectivity index (χ0n) is 15.8. The van der Waals surface area contributed by atoms with E-state index in [9.17, 15) is 0 Å². The molecule has 25 heavy (non-hydrogen) atoms. The molecule has 6 nitrogen and oxygen atoms in total. The van der Waals surface area contributed by atoms with Crippen LogP contribution in [0.25, 0.3) is 0 Å².